The van der Waals surface area contributed by atoms with Crippen molar-refractivity contribution >= 4 is 41.0 Å². The summed E-state index contributed by atoms with van der Waals surface area (Å²) in [6.45, 7) is 0.265. The number of amides is 2. The fourth-order valence-electron chi connectivity index (χ4n) is 3.46. The van der Waals surface area contributed by atoms with E-state index >= 15 is 0 Å². The third-order valence-electron chi connectivity index (χ3n) is 5.29. The van der Waals surface area contributed by atoms with Crippen LogP contribution in [0.3, 0.4) is 0 Å². The van der Waals surface area contributed by atoms with Crippen molar-refractivity contribution in [1.82, 2.24) is 10.3 Å². The number of anilines is 1. The molecule has 7 nitrogen and oxygen atoms in total. The van der Waals surface area contributed by atoms with Crippen LogP contribution in [0.2, 0.25) is 5.02 Å². The van der Waals surface area contributed by atoms with E-state index in [9.17, 15) is 14.4 Å². The van der Waals surface area contributed by atoms with E-state index in [4.69, 9.17) is 16.3 Å². The van der Waals surface area contributed by atoms with Gasteiger partial charge in [-0.25, -0.2) is 4.98 Å². The molecule has 0 unspecified atom stereocenters. The van der Waals surface area contributed by atoms with Gasteiger partial charge in [0.25, 0.3) is 11.8 Å². The number of benzene rings is 2. The summed E-state index contributed by atoms with van der Waals surface area (Å²) in [5, 5.41) is 3.37. The molecule has 0 radical (unpaired) electrons. The fraction of sp³-hybridized carbons (Fsp3) is 0.120. The number of fused-ring (bicyclic) bond motifs is 1. The highest BCUT2D eigenvalue weighted by molar-refractivity contribution is 6.36. The minimum Gasteiger partial charge on any atom is -0.481 e. The third-order valence-corrected chi connectivity index (χ3v) is 5.54. The molecule has 4 rings (SSSR count). The molecule has 2 heterocycles. The molecule has 1 aliphatic rings. The van der Waals surface area contributed by atoms with Crippen molar-refractivity contribution in [3.05, 3.63) is 93.6 Å². The number of nitrogens with one attached hydrogen (secondary N) is 1. The van der Waals surface area contributed by atoms with Crippen LogP contribution in [0.15, 0.2) is 66.4 Å². The summed E-state index contributed by atoms with van der Waals surface area (Å²) in [6, 6.07) is 15.0. The molecular formula is C25H20ClN3O4. The first kappa shape index (κ1) is 22.2. The zero-order valence-corrected chi connectivity index (χ0v) is 18.7. The van der Waals surface area contributed by atoms with Gasteiger partial charge in [0.15, 0.2) is 0 Å². The van der Waals surface area contributed by atoms with Crippen LogP contribution in [0.5, 0.6) is 5.88 Å². The zero-order valence-electron chi connectivity index (χ0n) is 18.0. The lowest BCUT2D eigenvalue weighted by atomic mass is 9.92. The highest BCUT2D eigenvalue weighted by atomic mass is 35.5. The number of ether oxygens (including phenoxy) is 1. The number of nitrogens with zero attached hydrogens (tertiary/aromatic N) is 2. The number of Topliss-reactive ketones (excluding diaryl/α,β-unsaturated/α-hetero) is 1. The van der Waals surface area contributed by atoms with Crippen LogP contribution < -0.4 is 15.0 Å². The van der Waals surface area contributed by atoms with E-state index in [1.54, 1.807) is 61.8 Å². The number of halogens is 1. The molecule has 33 heavy (non-hydrogen) atoms. The summed E-state index contributed by atoms with van der Waals surface area (Å²) < 4.78 is 5.03. The molecule has 0 saturated carbocycles. The average molecular weight is 462 g/mol. The van der Waals surface area contributed by atoms with Gasteiger partial charge in [-0.05, 0) is 47.5 Å². The van der Waals surface area contributed by atoms with Crippen molar-refractivity contribution in [3.63, 3.8) is 0 Å². The Bertz CT molecular complexity index is 1270. The molecule has 166 valence electrons. The molecule has 1 N–H and O–H groups in total. The molecule has 2 amide bonds. The number of hydrogen-bond donors (Lipinski definition) is 1. The Morgan fingerprint density at radius 2 is 1.88 bits per heavy atom. The number of hydrogen-bond acceptors (Lipinski definition) is 5. The minimum absolute atomic E-state index is 0.0224. The highest BCUT2D eigenvalue weighted by Crippen LogP contribution is 2.31. The van der Waals surface area contributed by atoms with Crippen LogP contribution in [-0.2, 0) is 11.3 Å². The molecule has 0 aliphatic carbocycles. The minimum atomic E-state index is -0.433. The standard InChI is InChI=1S/C25H20ClN3O4/c1-29-21-9-6-17(24(31)28-14-16-5-10-22(33-2)27-13-16)12-19(21)23(30)20(25(29)32)11-15-3-7-18(26)8-4-15/h3-13H,14H2,1-2H3,(H,28,31)/b20-11-. The molecule has 0 bridgehead atoms. The third kappa shape index (κ3) is 4.63. The van der Waals surface area contributed by atoms with Crippen LogP contribution in [0.4, 0.5) is 5.69 Å². The number of ketones is 1. The molecular weight excluding hydrogens is 442 g/mol. The summed E-state index contributed by atoms with van der Waals surface area (Å²) in [7, 11) is 3.13. The monoisotopic (exact) mass is 461 g/mol. The normalized spacial score (nSPS) is 14.3. The topological polar surface area (TPSA) is 88.6 Å². The zero-order chi connectivity index (χ0) is 23.5. The Morgan fingerprint density at radius 1 is 1.12 bits per heavy atom. The number of methoxy groups -OCH3 is 1. The van der Waals surface area contributed by atoms with E-state index in [0.717, 1.165) is 5.56 Å². The van der Waals surface area contributed by atoms with Crippen LogP contribution in [-0.4, -0.2) is 36.7 Å². The lowest BCUT2D eigenvalue weighted by Crippen LogP contribution is -2.37. The van der Waals surface area contributed by atoms with Gasteiger partial charge in [0.2, 0.25) is 11.7 Å². The van der Waals surface area contributed by atoms with Gasteiger partial charge in [-0.15, -0.1) is 0 Å². The van der Waals surface area contributed by atoms with Crippen LogP contribution >= 0.6 is 11.6 Å². The predicted octanol–water partition coefficient (Wildman–Crippen LogP) is 3.92. The Hall–Kier alpha value is -3.97. The number of carbonyl (C=O) groups excluding carboxylic acids is 3. The van der Waals surface area contributed by atoms with Crippen molar-refractivity contribution in [3.8, 4) is 5.88 Å². The Morgan fingerprint density at radius 3 is 2.55 bits per heavy atom. The quantitative estimate of drug-likeness (QED) is 0.459. The summed E-state index contributed by atoms with van der Waals surface area (Å²) in [6.07, 6.45) is 3.15. The maximum absolute atomic E-state index is 13.2. The lowest BCUT2D eigenvalue weighted by Gasteiger charge is -2.27. The lowest BCUT2D eigenvalue weighted by molar-refractivity contribution is -0.114. The summed E-state index contributed by atoms with van der Waals surface area (Å²) in [5.74, 6) is -0.702. The van der Waals surface area contributed by atoms with Gasteiger partial charge in [0.1, 0.15) is 0 Å². The van der Waals surface area contributed by atoms with Crippen molar-refractivity contribution in [1.29, 1.82) is 0 Å². The molecule has 0 atom stereocenters. The Kier molecular flexibility index (Phi) is 6.24. The maximum atomic E-state index is 13.2. The average Bonchev–Trinajstić information content (AvgIpc) is 2.85. The molecule has 1 aromatic heterocycles. The van der Waals surface area contributed by atoms with Crippen LogP contribution in [0, 0.1) is 0 Å². The predicted molar refractivity (Wildman–Crippen MR) is 126 cm³/mol. The SMILES string of the molecule is COc1ccc(CNC(=O)c2ccc3c(c2)C(=O)/C(=C/c2ccc(Cl)cc2)C(=O)N3C)cn1. The number of carbonyl (C=O) groups is 3. The van der Waals surface area contributed by atoms with Crippen LogP contribution in [0.25, 0.3) is 6.08 Å². The number of aromatic nitrogens is 1. The van der Waals surface area contributed by atoms with Crippen LogP contribution in [0.1, 0.15) is 31.8 Å². The van der Waals surface area contributed by atoms with Gasteiger partial charge in [-0.3, -0.25) is 14.4 Å². The van der Waals surface area contributed by atoms with E-state index in [1.165, 1.54) is 24.2 Å². The summed E-state index contributed by atoms with van der Waals surface area (Å²) >= 11 is 5.92. The van der Waals surface area contributed by atoms with E-state index in [1.807, 2.05) is 0 Å². The van der Waals surface area contributed by atoms with Crippen molar-refractivity contribution < 1.29 is 19.1 Å². The number of likely N-dealkylation sites (N-methyl/N-ethyl adjacent to an activating group) is 1. The second-order valence-corrected chi connectivity index (χ2v) is 7.86. The molecule has 3 aromatic rings. The van der Waals surface area contributed by atoms with Crippen molar-refractivity contribution in [2.75, 3.05) is 19.1 Å². The van der Waals surface area contributed by atoms with Gasteiger partial charge < -0.3 is 15.0 Å². The molecule has 0 saturated heterocycles. The second-order valence-electron chi connectivity index (χ2n) is 7.43. The summed E-state index contributed by atoms with van der Waals surface area (Å²) in [4.78, 5) is 44.2. The van der Waals surface area contributed by atoms with Crippen molar-refractivity contribution in [2.24, 2.45) is 0 Å². The second kappa shape index (κ2) is 9.26. The van der Waals surface area contributed by atoms with E-state index < -0.39 is 11.7 Å². The van der Waals surface area contributed by atoms with Gasteiger partial charge in [0.05, 0.1) is 18.4 Å². The first-order valence-corrected chi connectivity index (χ1v) is 10.5. The van der Waals surface area contributed by atoms with Gasteiger partial charge in [-0.2, -0.15) is 0 Å². The van der Waals surface area contributed by atoms with Crippen molar-refractivity contribution in [2.45, 2.75) is 6.54 Å². The number of pyridine rings is 1. The molecule has 0 fully saturated rings. The summed E-state index contributed by atoms with van der Waals surface area (Å²) in [5.41, 5.74) is 2.56. The maximum Gasteiger partial charge on any atom is 0.262 e. The first-order chi connectivity index (χ1) is 15.9. The molecule has 2 aromatic carbocycles. The molecule has 8 heteroatoms. The van der Waals surface area contributed by atoms with Gasteiger partial charge in [0, 0.05) is 42.0 Å². The molecule has 0 spiro atoms. The molecule has 1 aliphatic heterocycles. The fourth-order valence-corrected chi connectivity index (χ4v) is 3.58. The van der Waals surface area contributed by atoms with E-state index in [2.05, 4.69) is 10.3 Å². The smallest absolute Gasteiger partial charge is 0.262 e. The van der Waals surface area contributed by atoms with Gasteiger partial charge >= 0.3 is 0 Å². The Labute approximate surface area is 195 Å². The van der Waals surface area contributed by atoms with Gasteiger partial charge in [-0.1, -0.05) is 29.8 Å². The van der Waals surface area contributed by atoms with E-state index in [0.29, 0.717) is 27.7 Å². The largest absolute Gasteiger partial charge is 0.481 e. The Balaban J connectivity index is 1.58. The number of rotatable bonds is 5. The first-order valence-electron chi connectivity index (χ1n) is 10.1. The highest BCUT2D eigenvalue weighted by Gasteiger charge is 2.33. The van der Waals surface area contributed by atoms with E-state index in [-0.39, 0.29) is 23.6 Å².